The summed E-state index contributed by atoms with van der Waals surface area (Å²) in [5.41, 5.74) is 0. The third-order valence-electron chi connectivity index (χ3n) is 1.56. The number of amides is 1. The Balaban J connectivity index is 2.09. The molecule has 1 saturated heterocycles. The Labute approximate surface area is 87.0 Å². The summed E-state index contributed by atoms with van der Waals surface area (Å²) in [6, 6.07) is 0. The third-order valence-corrected chi connectivity index (χ3v) is 4.69. The van der Waals surface area contributed by atoms with Gasteiger partial charge in [-0.25, -0.2) is 0 Å². The van der Waals surface area contributed by atoms with Crippen molar-refractivity contribution in [1.82, 2.24) is 5.32 Å². The third kappa shape index (κ3) is 3.96. The molecule has 5 heteroatoms. The van der Waals surface area contributed by atoms with Gasteiger partial charge >= 0.3 is 0 Å². The van der Waals surface area contributed by atoms with Crippen LogP contribution < -0.4 is 5.32 Å². The van der Waals surface area contributed by atoms with Crippen LogP contribution in [0.5, 0.6) is 0 Å². The number of hydrogen-bond donors (Lipinski definition) is 2. The molecule has 1 rings (SSSR count). The Bertz CT molecular complexity index is 148. The SMILES string of the molecule is O=C(CS)NCC1CSCCS1. The van der Waals surface area contributed by atoms with Gasteiger partial charge in [0.2, 0.25) is 5.91 Å². The van der Waals surface area contributed by atoms with Crippen molar-refractivity contribution in [2.24, 2.45) is 0 Å². The summed E-state index contributed by atoms with van der Waals surface area (Å²) in [6.45, 7) is 0.803. The fourth-order valence-corrected chi connectivity index (χ4v) is 3.66. The minimum Gasteiger partial charge on any atom is -0.354 e. The van der Waals surface area contributed by atoms with Crippen LogP contribution in [0.1, 0.15) is 0 Å². The average molecular weight is 223 g/mol. The molecule has 1 aliphatic rings. The zero-order valence-corrected chi connectivity index (χ0v) is 9.31. The number of carbonyl (C=O) groups excluding carboxylic acids is 1. The molecule has 1 amide bonds. The lowest BCUT2D eigenvalue weighted by molar-refractivity contribution is -0.118. The molecule has 0 radical (unpaired) electrons. The van der Waals surface area contributed by atoms with Gasteiger partial charge in [-0.15, -0.1) is 0 Å². The van der Waals surface area contributed by atoms with Crippen LogP contribution in [-0.4, -0.2) is 40.7 Å². The van der Waals surface area contributed by atoms with Crippen molar-refractivity contribution in [2.75, 3.05) is 29.6 Å². The molecule has 1 fully saturated rings. The van der Waals surface area contributed by atoms with Crippen molar-refractivity contribution in [2.45, 2.75) is 5.25 Å². The van der Waals surface area contributed by atoms with Crippen molar-refractivity contribution in [1.29, 1.82) is 0 Å². The smallest absolute Gasteiger partial charge is 0.229 e. The van der Waals surface area contributed by atoms with Crippen LogP contribution in [0, 0.1) is 0 Å². The molecule has 0 aromatic carbocycles. The van der Waals surface area contributed by atoms with Gasteiger partial charge in [0.15, 0.2) is 0 Å². The molecule has 1 atom stereocenters. The van der Waals surface area contributed by atoms with E-state index >= 15 is 0 Å². The van der Waals surface area contributed by atoms with Gasteiger partial charge in [-0.05, 0) is 0 Å². The van der Waals surface area contributed by atoms with Crippen LogP contribution in [0.4, 0.5) is 0 Å². The standard InChI is InChI=1S/C7H13NOS3/c9-7(4-10)8-3-6-5-11-1-2-12-6/h6,10H,1-5H2,(H,8,9). The number of rotatable bonds is 3. The minimum atomic E-state index is 0.0366. The zero-order chi connectivity index (χ0) is 8.81. The Morgan fingerprint density at radius 2 is 2.42 bits per heavy atom. The molecule has 0 bridgehead atoms. The Morgan fingerprint density at radius 3 is 3.00 bits per heavy atom. The molecule has 12 heavy (non-hydrogen) atoms. The molecule has 0 aromatic heterocycles. The lowest BCUT2D eigenvalue weighted by atomic mass is 10.4. The first-order valence-electron chi connectivity index (χ1n) is 3.90. The largest absolute Gasteiger partial charge is 0.354 e. The van der Waals surface area contributed by atoms with Gasteiger partial charge < -0.3 is 5.32 Å². The van der Waals surface area contributed by atoms with Crippen LogP contribution in [0.2, 0.25) is 0 Å². The molecule has 0 spiro atoms. The van der Waals surface area contributed by atoms with Crippen LogP contribution >= 0.6 is 36.2 Å². The second kappa shape index (κ2) is 6.05. The van der Waals surface area contributed by atoms with Crippen LogP contribution in [-0.2, 0) is 4.79 Å². The second-order valence-electron chi connectivity index (χ2n) is 2.53. The van der Waals surface area contributed by atoms with E-state index in [0.717, 1.165) is 12.3 Å². The van der Waals surface area contributed by atoms with E-state index in [1.807, 2.05) is 23.5 Å². The zero-order valence-electron chi connectivity index (χ0n) is 6.78. The second-order valence-corrected chi connectivity index (χ2v) is 5.40. The van der Waals surface area contributed by atoms with Gasteiger partial charge in [0.25, 0.3) is 0 Å². The highest BCUT2D eigenvalue weighted by atomic mass is 32.2. The molecule has 0 aliphatic carbocycles. The van der Waals surface area contributed by atoms with E-state index < -0.39 is 0 Å². The van der Waals surface area contributed by atoms with Gasteiger partial charge in [0.05, 0.1) is 5.75 Å². The monoisotopic (exact) mass is 223 g/mol. The summed E-state index contributed by atoms with van der Waals surface area (Å²) in [5.74, 6) is 3.96. The summed E-state index contributed by atoms with van der Waals surface area (Å²) < 4.78 is 0. The highest BCUT2D eigenvalue weighted by Gasteiger charge is 2.14. The lowest BCUT2D eigenvalue weighted by Gasteiger charge is -2.20. The molecule has 1 unspecified atom stereocenters. The van der Waals surface area contributed by atoms with Crippen molar-refractivity contribution in [3.63, 3.8) is 0 Å². The molecule has 0 saturated carbocycles. The van der Waals surface area contributed by atoms with E-state index in [1.165, 1.54) is 11.5 Å². The molecule has 1 N–H and O–H groups in total. The van der Waals surface area contributed by atoms with Crippen LogP contribution in [0.3, 0.4) is 0 Å². The fraction of sp³-hybridized carbons (Fsp3) is 0.857. The minimum absolute atomic E-state index is 0.0366. The summed E-state index contributed by atoms with van der Waals surface area (Å²) in [5, 5.41) is 3.46. The van der Waals surface area contributed by atoms with Crippen LogP contribution in [0.25, 0.3) is 0 Å². The first kappa shape index (κ1) is 10.6. The quantitative estimate of drug-likeness (QED) is 0.696. The van der Waals surface area contributed by atoms with E-state index in [-0.39, 0.29) is 5.91 Å². The molecular weight excluding hydrogens is 210 g/mol. The van der Waals surface area contributed by atoms with Gasteiger partial charge in [0, 0.05) is 29.1 Å². The molecule has 1 heterocycles. The first-order valence-corrected chi connectivity index (χ1v) is 6.73. The van der Waals surface area contributed by atoms with Crippen LogP contribution in [0.15, 0.2) is 0 Å². The highest BCUT2D eigenvalue weighted by Crippen LogP contribution is 2.23. The maximum absolute atomic E-state index is 10.9. The number of thiol groups is 1. The highest BCUT2D eigenvalue weighted by molar-refractivity contribution is 8.06. The van der Waals surface area contributed by atoms with Crippen molar-refractivity contribution in [3.8, 4) is 0 Å². The van der Waals surface area contributed by atoms with Crippen molar-refractivity contribution in [3.05, 3.63) is 0 Å². The van der Waals surface area contributed by atoms with E-state index in [9.17, 15) is 4.79 Å². The maximum atomic E-state index is 10.9. The van der Waals surface area contributed by atoms with Crippen molar-refractivity contribution < 1.29 is 4.79 Å². The number of carbonyl (C=O) groups is 1. The summed E-state index contributed by atoms with van der Waals surface area (Å²) in [4.78, 5) is 10.9. The summed E-state index contributed by atoms with van der Waals surface area (Å²) in [7, 11) is 0. The topological polar surface area (TPSA) is 29.1 Å². The van der Waals surface area contributed by atoms with E-state index in [2.05, 4.69) is 17.9 Å². The Morgan fingerprint density at radius 1 is 1.58 bits per heavy atom. The maximum Gasteiger partial charge on any atom is 0.229 e. The molecule has 70 valence electrons. The molecular formula is C7H13NOS3. The molecule has 0 aromatic rings. The van der Waals surface area contributed by atoms with Gasteiger partial charge in [0.1, 0.15) is 0 Å². The lowest BCUT2D eigenvalue weighted by Crippen LogP contribution is -2.34. The predicted octanol–water partition coefficient (Wildman–Crippen LogP) is 0.881. The normalized spacial score (nSPS) is 23.6. The van der Waals surface area contributed by atoms with E-state index in [1.54, 1.807) is 0 Å². The summed E-state index contributed by atoms with van der Waals surface area (Å²) >= 11 is 7.82. The summed E-state index contributed by atoms with van der Waals surface area (Å²) in [6.07, 6.45) is 0. The fourth-order valence-electron chi connectivity index (χ4n) is 0.938. The van der Waals surface area contributed by atoms with Crippen molar-refractivity contribution >= 4 is 42.1 Å². The van der Waals surface area contributed by atoms with Gasteiger partial charge in [-0.3, -0.25) is 4.79 Å². The van der Waals surface area contributed by atoms with Gasteiger partial charge in [-0.2, -0.15) is 36.2 Å². The average Bonchev–Trinajstić information content (AvgIpc) is 2.16. The first-order chi connectivity index (χ1) is 5.83. The number of thioether (sulfide) groups is 2. The predicted molar refractivity (Wildman–Crippen MR) is 60.4 cm³/mol. The number of hydrogen-bond acceptors (Lipinski definition) is 4. The van der Waals surface area contributed by atoms with E-state index in [4.69, 9.17) is 0 Å². The molecule has 2 nitrogen and oxygen atoms in total. The van der Waals surface area contributed by atoms with E-state index in [0.29, 0.717) is 11.0 Å². The number of nitrogens with one attached hydrogen (secondary N) is 1. The van der Waals surface area contributed by atoms with Gasteiger partial charge in [-0.1, -0.05) is 0 Å². The Hall–Kier alpha value is 0.520. The molecule has 1 aliphatic heterocycles. The Kier molecular flexibility index (Phi) is 5.34.